The maximum atomic E-state index is 12.2. The Bertz CT molecular complexity index is 458. The Hall–Kier alpha value is -0.920. The van der Waals surface area contributed by atoms with Crippen molar-refractivity contribution in [3.05, 3.63) is 29.8 Å². The Labute approximate surface area is 142 Å². The largest absolute Gasteiger partial charge is 0.462 e. The summed E-state index contributed by atoms with van der Waals surface area (Å²) in [6, 6.07) is 7.75. The first-order chi connectivity index (χ1) is 11.0. The zero-order chi connectivity index (χ0) is 17.1. The lowest BCUT2D eigenvalue weighted by molar-refractivity contribution is 0.0489. The van der Waals surface area contributed by atoms with Crippen molar-refractivity contribution < 1.29 is 14.3 Å². The lowest BCUT2D eigenvalue weighted by Crippen LogP contribution is -2.16. The topological polar surface area (TPSA) is 35.5 Å². The fourth-order valence-electron chi connectivity index (χ4n) is 1.96. The van der Waals surface area contributed by atoms with Gasteiger partial charge in [0.25, 0.3) is 0 Å². The fourth-order valence-corrected chi connectivity index (χ4v) is 3.06. The number of hydrogen-bond acceptors (Lipinski definition) is 3. The monoisotopic (exact) mass is 338 g/mol. The third-order valence-electron chi connectivity index (χ3n) is 3.48. The van der Waals surface area contributed by atoms with Gasteiger partial charge in [0, 0.05) is 6.61 Å². The van der Waals surface area contributed by atoms with Crippen LogP contribution in [0.25, 0.3) is 0 Å². The van der Waals surface area contributed by atoms with E-state index in [4.69, 9.17) is 9.47 Å². The number of carbonyl (C=O) groups excluding carboxylic acids is 1. The molecule has 23 heavy (non-hydrogen) atoms. The normalized spacial score (nSPS) is 11.7. The highest BCUT2D eigenvalue weighted by atomic mass is 31.1. The van der Waals surface area contributed by atoms with E-state index in [1.807, 2.05) is 24.3 Å². The summed E-state index contributed by atoms with van der Waals surface area (Å²) in [5.74, 6) is 1.02. The molecule has 4 heteroatoms. The summed E-state index contributed by atoms with van der Waals surface area (Å²) in [6.07, 6.45) is 2.95. The van der Waals surface area contributed by atoms with Crippen LogP contribution in [0.4, 0.5) is 0 Å². The first-order valence-electron chi connectivity index (χ1n) is 8.58. The number of esters is 1. The molecule has 0 aliphatic heterocycles. The maximum Gasteiger partial charge on any atom is 0.338 e. The minimum Gasteiger partial charge on any atom is -0.462 e. The van der Waals surface area contributed by atoms with Crippen molar-refractivity contribution in [1.82, 2.24) is 0 Å². The maximum absolute atomic E-state index is 12.2. The highest BCUT2D eigenvalue weighted by Crippen LogP contribution is 2.15. The number of hydrogen-bond donors (Lipinski definition) is 0. The lowest BCUT2D eigenvalue weighted by Gasteiger charge is -2.11. The van der Waals surface area contributed by atoms with Crippen LogP contribution in [0.15, 0.2) is 24.3 Å². The molecule has 0 spiro atoms. The fraction of sp³-hybridized carbons (Fsp3) is 0.632. The Balaban J connectivity index is 2.39. The van der Waals surface area contributed by atoms with Gasteiger partial charge in [-0.3, -0.25) is 0 Å². The Morgan fingerprint density at radius 3 is 2.35 bits per heavy atom. The molecule has 0 aliphatic carbocycles. The van der Waals surface area contributed by atoms with Gasteiger partial charge in [0.15, 0.2) is 0 Å². The molecule has 0 N–H and O–H groups in total. The molecule has 0 aliphatic rings. The van der Waals surface area contributed by atoms with Gasteiger partial charge in [-0.25, -0.2) is 4.79 Å². The highest BCUT2D eigenvalue weighted by molar-refractivity contribution is 7.47. The number of rotatable bonds is 11. The van der Waals surface area contributed by atoms with Crippen molar-refractivity contribution in [3.8, 4) is 0 Å². The average Bonchev–Trinajstić information content (AvgIpc) is 2.50. The van der Waals surface area contributed by atoms with Gasteiger partial charge in [-0.15, -0.1) is 0 Å². The quantitative estimate of drug-likeness (QED) is 0.344. The SMILES string of the molecule is CC(C)CCOCCPc1ccccc1C(=O)OCCC(C)C. The van der Waals surface area contributed by atoms with E-state index in [2.05, 4.69) is 27.7 Å². The summed E-state index contributed by atoms with van der Waals surface area (Å²) in [5, 5.41) is 1.08. The van der Waals surface area contributed by atoms with E-state index >= 15 is 0 Å². The standard InChI is InChI=1S/C19H31O3P/c1-15(2)9-11-21-13-14-23-18-8-6-5-7-17(18)19(20)22-12-10-16(3)4/h5-8,15-16,23H,9-14H2,1-4H3. The average molecular weight is 338 g/mol. The van der Waals surface area contributed by atoms with Crippen LogP contribution in [-0.2, 0) is 9.47 Å². The second-order valence-corrected chi connectivity index (χ2v) is 7.98. The van der Waals surface area contributed by atoms with Crippen molar-refractivity contribution in [2.24, 2.45) is 11.8 Å². The number of benzene rings is 1. The molecule has 1 aromatic carbocycles. The molecule has 1 aromatic rings. The molecule has 0 aromatic heterocycles. The molecule has 0 bridgehead atoms. The Kier molecular flexibility index (Phi) is 10.1. The number of carbonyl (C=O) groups is 1. The minimum absolute atomic E-state index is 0.200. The van der Waals surface area contributed by atoms with Crippen LogP contribution in [0.3, 0.4) is 0 Å². The second-order valence-electron chi connectivity index (χ2n) is 6.59. The van der Waals surface area contributed by atoms with E-state index in [0.717, 1.165) is 37.5 Å². The smallest absolute Gasteiger partial charge is 0.338 e. The van der Waals surface area contributed by atoms with Gasteiger partial charge in [0.2, 0.25) is 0 Å². The molecule has 0 amide bonds. The highest BCUT2D eigenvalue weighted by Gasteiger charge is 2.12. The molecule has 1 atom stereocenters. The third kappa shape index (κ3) is 9.07. The van der Waals surface area contributed by atoms with E-state index in [0.29, 0.717) is 32.6 Å². The van der Waals surface area contributed by atoms with Crippen LogP contribution in [-0.4, -0.2) is 32.0 Å². The van der Waals surface area contributed by atoms with E-state index in [-0.39, 0.29) is 5.97 Å². The summed E-state index contributed by atoms with van der Waals surface area (Å²) in [6.45, 7) is 10.7. The molecule has 1 unspecified atom stereocenters. The molecule has 3 nitrogen and oxygen atoms in total. The van der Waals surface area contributed by atoms with Gasteiger partial charge >= 0.3 is 5.97 Å². The van der Waals surface area contributed by atoms with Crippen LogP contribution in [0.1, 0.15) is 50.9 Å². The first-order valence-corrected chi connectivity index (χ1v) is 9.79. The molecule has 0 radical (unpaired) electrons. The summed E-state index contributed by atoms with van der Waals surface area (Å²) < 4.78 is 11.0. The van der Waals surface area contributed by atoms with Gasteiger partial charge < -0.3 is 9.47 Å². The van der Waals surface area contributed by atoms with Gasteiger partial charge in [0.05, 0.1) is 18.8 Å². The van der Waals surface area contributed by atoms with Gasteiger partial charge in [-0.05, 0) is 42.2 Å². The predicted molar refractivity (Wildman–Crippen MR) is 99.3 cm³/mol. The summed E-state index contributed by atoms with van der Waals surface area (Å²) >= 11 is 0. The van der Waals surface area contributed by atoms with E-state index in [1.54, 1.807) is 0 Å². The summed E-state index contributed by atoms with van der Waals surface area (Å²) in [4.78, 5) is 12.2. The second kappa shape index (κ2) is 11.6. The Morgan fingerprint density at radius 2 is 1.65 bits per heavy atom. The summed E-state index contributed by atoms with van der Waals surface area (Å²) in [5.41, 5.74) is 0.705. The van der Waals surface area contributed by atoms with Crippen LogP contribution < -0.4 is 5.30 Å². The van der Waals surface area contributed by atoms with E-state index in [9.17, 15) is 4.79 Å². The van der Waals surface area contributed by atoms with Gasteiger partial charge in [-0.1, -0.05) is 54.5 Å². The lowest BCUT2D eigenvalue weighted by atomic mass is 10.1. The van der Waals surface area contributed by atoms with Crippen LogP contribution >= 0.6 is 8.58 Å². The van der Waals surface area contributed by atoms with Crippen LogP contribution in [0.2, 0.25) is 0 Å². The van der Waals surface area contributed by atoms with E-state index in [1.165, 1.54) is 0 Å². The van der Waals surface area contributed by atoms with Crippen molar-refractivity contribution in [1.29, 1.82) is 0 Å². The molecule has 0 fully saturated rings. The molecule has 0 saturated carbocycles. The number of ether oxygens (including phenoxy) is 2. The minimum atomic E-state index is -0.200. The van der Waals surface area contributed by atoms with Gasteiger partial charge in [0.1, 0.15) is 0 Å². The summed E-state index contributed by atoms with van der Waals surface area (Å²) in [7, 11) is 0.576. The zero-order valence-corrected chi connectivity index (χ0v) is 15.9. The van der Waals surface area contributed by atoms with Crippen molar-refractivity contribution >= 4 is 19.9 Å². The molecular formula is C19H31O3P. The first kappa shape index (κ1) is 20.1. The molecular weight excluding hydrogens is 307 g/mol. The molecule has 0 heterocycles. The van der Waals surface area contributed by atoms with Crippen LogP contribution in [0, 0.1) is 11.8 Å². The van der Waals surface area contributed by atoms with Crippen molar-refractivity contribution in [2.75, 3.05) is 26.0 Å². The van der Waals surface area contributed by atoms with Crippen LogP contribution in [0.5, 0.6) is 0 Å². The van der Waals surface area contributed by atoms with Gasteiger partial charge in [-0.2, -0.15) is 0 Å². The van der Waals surface area contributed by atoms with E-state index < -0.39 is 0 Å². The zero-order valence-electron chi connectivity index (χ0n) is 14.9. The third-order valence-corrected chi connectivity index (χ3v) is 4.75. The molecule has 0 saturated heterocycles. The predicted octanol–water partition coefficient (Wildman–Crippen LogP) is 4.26. The van der Waals surface area contributed by atoms with Crippen molar-refractivity contribution in [3.63, 3.8) is 0 Å². The van der Waals surface area contributed by atoms with Crippen molar-refractivity contribution in [2.45, 2.75) is 40.5 Å². The molecule has 1 rings (SSSR count). The molecule has 130 valence electrons. The Morgan fingerprint density at radius 1 is 1.00 bits per heavy atom.